The molecule has 0 spiro atoms. The van der Waals surface area contributed by atoms with Crippen LogP contribution >= 0.6 is 22.9 Å². The molecule has 3 aromatic rings. The van der Waals surface area contributed by atoms with Crippen molar-refractivity contribution in [3.05, 3.63) is 76.3 Å². The Balaban J connectivity index is 1.42. The smallest absolute Gasteiger partial charge is 0.243 e. The molecule has 30 heavy (non-hydrogen) atoms. The summed E-state index contributed by atoms with van der Waals surface area (Å²) < 4.78 is 0. The van der Waals surface area contributed by atoms with Crippen LogP contribution in [0.5, 0.6) is 0 Å². The Morgan fingerprint density at radius 2 is 1.83 bits per heavy atom. The van der Waals surface area contributed by atoms with Crippen LogP contribution in [0.2, 0.25) is 5.02 Å². The lowest BCUT2D eigenvalue weighted by molar-refractivity contribution is -0.128. The zero-order chi connectivity index (χ0) is 20.9. The first-order chi connectivity index (χ1) is 14.6. The predicted molar refractivity (Wildman–Crippen MR) is 120 cm³/mol. The number of nitrogens with zero attached hydrogens (tertiary/aromatic N) is 1. The highest BCUT2D eigenvalue weighted by molar-refractivity contribution is 7.13. The minimum Gasteiger partial charge on any atom is -0.352 e. The number of nitrogens with one attached hydrogen (secondary N) is 2. The number of rotatable bonds is 8. The van der Waals surface area contributed by atoms with E-state index in [4.69, 9.17) is 11.6 Å². The summed E-state index contributed by atoms with van der Waals surface area (Å²) >= 11 is 7.69. The Bertz CT molecular complexity index is 1030. The number of carbonyl (C=O) groups is 2. The van der Waals surface area contributed by atoms with E-state index in [1.165, 1.54) is 11.3 Å². The zero-order valence-electron chi connectivity index (χ0n) is 16.3. The number of hydrogen-bond acceptors (Lipinski definition) is 4. The topological polar surface area (TPSA) is 71.1 Å². The highest BCUT2D eigenvalue weighted by Gasteiger charge is 2.28. The van der Waals surface area contributed by atoms with Gasteiger partial charge >= 0.3 is 0 Å². The molecule has 0 bridgehead atoms. The van der Waals surface area contributed by atoms with Gasteiger partial charge in [0.1, 0.15) is 11.0 Å². The number of halogens is 1. The maximum absolute atomic E-state index is 12.7. The van der Waals surface area contributed by atoms with Crippen molar-refractivity contribution in [1.82, 2.24) is 15.6 Å². The van der Waals surface area contributed by atoms with Crippen LogP contribution in [-0.4, -0.2) is 28.9 Å². The molecule has 1 atom stereocenters. The van der Waals surface area contributed by atoms with Crippen LogP contribution in [-0.2, 0) is 22.4 Å². The van der Waals surface area contributed by atoms with E-state index < -0.39 is 6.04 Å². The maximum atomic E-state index is 12.7. The third kappa shape index (κ3) is 5.46. The zero-order valence-corrected chi connectivity index (χ0v) is 17.9. The molecular formula is C23H22ClN3O2S. The monoisotopic (exact) mass is 439 g/mol. The number of aromatic nitrogens is 1. The Labute approximate surface area is 184 Å². The summed E-state index contributed by atoms with van der Waals surface area (Å²) in [6.45, 7) is 0. The van der Waals surface area contributed by atoms with Crippen molar-refractivity contribution in [2.24, 2.45) is 0 Å². The molecule has 2 amide bonds. The van der Waals surface area contributed by atoms with Gasteiger partial charge in [0.2, 0.25) is 11.8 Å². The summed E-state index contributed by atoms with van der Waals surface area (Å²) in [5.74, 6) is -0.359. The molecule has 4 rings (SSSR count). The Morgan fingerprint density at radius 1 is 1.10 bits per heavy atom. The lowest BCUT2D eigenvalue weighted by Crippen LogP contribution is -2.49. The molecule has 1 heterocycles. The van der Waals surface area contributed by atoms with Crippen molar-refractivity contribution >= 4 is 34.8 Å². The molecule has 1 aliphatic rings. The molecule has 1 aromatic heterocycles. The summed E-state index contributed by atoms with van der Waals surface area (Å²) in [4.78, 5) is 29.9. The van der Waals surface area contributed by atoms with E-state index in [9.17, 15) is 9.59 Å². The van der Waals surface area contributed by atoms with E-state index >= 15 is 0 Å². The van der Waals surface area contributed by atoms with Crippen LogP contribution in [0.25, 0.3) is 10.6 Å². The van der Waals surface area contributed by atoms with Gasteiger partial charge in [0.25, 0.3) is 0 Å². The molecule has 0 saturated heterocycles. The van der Waals surface area contributed by atoms with Gasteiger partial charge in [-0.1, -0.05) is 60.1 Å². The first-order valence-electron chi connectivity index (χ1n) is 9.91. The standard InChI is InChI=1S/C23H22ClN3O2S/c24-19-9-5-4-8-18(19)23-26-17(14-30-23)13-21(28)27-20(22(29)25-16-10-11-16)12-15-6-2-1-3-7-15/h1-9,14,16,20H,10-13H2,(H,25,29)(H,27,28). The van der Waals surface area contributed by atoms with Gasteiger partial charge in [-0.05, 0) is 24.5 Å². The normalized spacial score (nSPS) is 14.2. The predicted octanol–water partition coefficient (Wildman–Crippen LogP) is 4.01. The van der Waals surface area contributed by atoms with Gasteiger partial charge in [-0.25, -0.2) is 4.98 Å². The number of amides is 2. The van der Waals surface area contributed by atoms with Gasteiger partial charge in [0.15, 0.2) is 0 Å². The third-order valence-electron chi connectivity index (χ3n) is 4.86. The lowest BCUT2D eigenvalue weighted by atomic mass is 10.0. The molecule has 1 fully saturated rings. The summed E-state index contributed by atoms with van der Waals surface area (Å²) in [6.07, 6.45) is 2.57. The van der Waals surface area contributed by atoms with Crippen LogP contribution < -0.4 is 10.6 Å². The Kier molecular flexibility index (Phi) is 6.45. The summed E-state index contributed by atoms with van der Waals surface area (Å²) in [6, 6.07) is 16.8. The number of hydrogen-bond donors (Lipinski definition) is 2. The van der Waals surface area contributed by atoms with E-state index in [0.717, 1.165) is 29.0 Å². The maximum Gasteiger partial charge on any atom is 0.243 e. The van der Waals surface area contributed by atoms with E-state index in [2.05, 4.69) is 15.6 Å². The van der Waals surface area contributed by atoms with Crippen LogP contribution in [0.15, 0.2) is 60.0 Å². The van der Waals surface area contributed by atoms with Gasteiger partial charge in [0, 0.05) is 23.4 Å². The van der Waals surface area contributed by atoms with Crippen molar-refractivity contribution in [2.75, 3.05) is 0 Å². The molecular weight excluding hydrogens is 418 g/mol. The molecule has 2 N–H and O–H groups in total. The van der Waals surface area contributed by atoms with Gasteiger partial charge < -0.3 is 10.6 Å². The molecule has 1 unspecified atom stereocenters. The second-order valence-electron chi connectivity index (χ2n) is 7.39. The average molecular weight is 440 g/mol. The largest absolute Gasteiger partial charge is 0.352 e. The van der Waals surface area contributed by atoms with Gasteiger partial charge in [0.05, 0.1) is 17.1 Å². The second kappa shape index (κ2) is 9.41. The lowest BCUT2D eigenvalue weighted by Gasteiger charge is -2.18. The fourth-order valence-corrected chi connectivity index (χ4v) is 4.28. The second-order valence-corrected chi connectivity index (χ2v) is 8.66. The number of thiazole rings is 1. The molecule has 1 aliphatic carbocycles. The Hall–Kier alpha value is -2.70. The molecule has 2 aromatic carbocycles. The minimum atomic E-state index is -0.609. The van der Waals surface area contributed by atoms with Crippen molar-refractivity contribution in [2.45, 2.75) is 37.8 Å². The molecule has 7 heteroatoms. The minimum absolute atomic E-state index is 0.114. The Morgan fingerprint density at radius 3 is 2.57 bits per heavy atom. The SMILES string of the molecule is O=C(Cc1csc(-c2ccccc2Cl)n1)NC(Cc1ccccc1)C(=O)NC1CC1. The van der Waals surface area contributed by atoms with E-state index in [1.54, 1.807) is 0 Å². The highest BCUT2D eigenvalue weighted by Crippen LogP contribution is 2.30. The van der Waals surface area contributed by atoms with Crippen LogP contribution in [0.3, 0.4) is 0 Å². The van der Waals surface area contributed by atoms with Crippen molar-refractivity contribution in [1.29, 1.82) is 0 Å². The fourth-order valence-electron chi connectivity index (χ4n) is 3.14. The molecule has 0 radical (unpaired) electrons. The number of carbonyl (C=O) groups excluding carboxylic acids is 2. The first kappa shape index (κ1) is 20.6. The van der Waals surface area contributed by atoms with Gasteiger partial charge in [-0.2, -0.15) is 0 Å². The van der Waals surface area contributed by atoms with Crippen molar-refractivity contribution in [3.8, 4) is 10.6 Å². The van der Waals surface area contributed by atoms with Gasteiger partial charge in [-0.15, -0.1) is 11.3 Å². The van der Waals surface area contributed by atoms with Gasteiger partial charge in [-0.3, -0.25) is 9.59 Å². The summed E-state index contributed by atoms with van der Waals surface area (Å²) in [5.41, 5.74) is 2.51. The molecule has 154 valence electrons. The quantitative estimate of drug-likeness (QED) is 0.557. The average Bonchev–Trinajstić information content (AvgIpc) is 3.44. The van der Waals surface area contributed by atoms with Crippen LogP contribution in [0.4, 0.5) is 0 Å². The van der Waals surface area contributed by atoms with E-state index in [1.807, 2.05) is 60.0 Å². The molecule has 1 saturated carbocycles. The first-order valence-corrected chi connectivity index (χ1v) is 11.2. The van der Waals surface area contributed by atoms with Crippen molar-refractivity contribution in [3.63, 3.8) is 0 Å². The molecule has 5 nitrogen and oxygen atoms in total. The summed E-state index contributed by atoms with van der Waals surface area (Å²) in [7, 11) is 0. The van der Waals surface area contributed by atoms with Crippen LogP contribution in [0.1, 0.15) is 24.1 Å². The third-order valence-corrected chi connectivity index (χ3v) is 6.11. The fraction of sp³-hybridized carbons (Fsp3) is 0.261. The van der Waals surface area contributed by atoms with E-state index in [0.29, 0.717) is 17.1 Å². The summed E-state index contributed by atoms with van der Waals surface area (Å²) in [5, 5.41) is 9.15. The van der Waals surface area contributed by atoms with Crippen molar-refractivity contribution < 1.29 is 9.59 Å². The molecule has 0 aliphatic heterocycles. The van der Waals surface area contributed by atoms with Crippen LogP contribution in [0, 0.1) is 0 Å². The van der Waals surface area contributed by atoms with E-state index in [-0.39, 0.29) is 24.3 Å². The highest BCUT2D eigenvalue weighted by atomic mass is 35.5. The number of benzene rings is 2.